The first-order chi connectivity index (χ1) is 12.5. The molecule has 0 atom stereocenters. The highest BCUT2D eigenvalue weighted by Crippen LogP contribution is 2.43. The second-order valence-electron chi connectivity index (χ2n) is 6.40. The molecular weight excluding hydrogens is 331 g/mol. The molecule has 0 spiro atoms. The molecule has 132 valence electrons. The SMILES string of the molecule is C#Cc1cccc(NC(=O)CNC(=O)C2(c3ccc(F)cc3)CCC2)c1. The summed E-state index contributed by atoms with van der Waals surface area (Å²) in [6, 6.07) is 12.9. The van der Waals surface area contributed by atoms with Crippen LogP contribution in [-0.4, -0.2) is 18.4 Å². The monoisotopic (exact) mass is 350 g/mol. The molecule has 0 heterocycles. The number of terminal acetylenes is 1. The van der Waals surface area contributed by atoms with Crippen molar-refractivity contribution >= 4 is 17.5 Å². The van der Waals surface area contributed by atoms with Gasteiger partial charge in [-0.05, 0) is 48.7 Å². The Balaban J connectivity index is 1.61. The van der Waals surface area contributed by atoms with Crippen LogP contribution in [0.2, 0.25) is 0 Å². The fourth-order valence-electron chi connectivity index (χ4n) is 3.17. The van der Waals surface area contributed by atoms with E-state index in [0.717, 1.165) is 12.0 Å². The van der Waals surface area contributed by atoms with Crippen molar-refractivity contribution in [3.63, 3.8) is 0 Å². The van der Waals surface area contributed by atoms with Gasteiger partial charge in [0.1, 0.15) is 5.82 Å². The summed E-state index contributed by atoms with van der Waals surface area (Å²) in [5.41, 5.74) is 1.36. The van der Waals surface area contributed by atoms with Crippen molar-refractivity contribution in [2.75, 3.05) is 11.9 Å². The van der Waals surface area contributed by atoms with Gasteiger partial charge in [-0.15, -0.1) is 6.42 Å². The van der Waals surface area contributed by atoms with Crippen molar-refractivity contribution in [2.24, 2.45) is 0 Å². The number of halogens is 1. The van der Waals surface area contributed by atoms with Crippen LogP contribution in [0.3, 0.4) is 0 Å². The fourth-order valence-corrected chi connectivity index (χ4v) is 3.17. The minimum absolute atomic E-state index is 0.137. The van der Waals surface area contributed by atoms with Gasteiger partial charge in [-0.1, -0.05) is 30.5 Å². The molecule has 4 nitrogen and oxygen atoms in total. The van der Waals surface area contributed by atoms with Gasteiger partial charge in [0.2, 0.25) is 11.8 Å². The highest BCUT2D eigenvalue weighted by atomic mass is 19.1. The first-order valence-corrected chi connectivity index (χ1v) is 8.44. The van der Waals surface area contributed by atoms with E-state index in [0.29, 0.717) is 24.1 Å². The highest BCUT2D eigenvalue weighted by Gasteiger charge is 2.45. The molecule has 0 unspecified atom stereocenters. The molecule has 26 heavy (non-hydrogen) atoms. The van der Waals surface area contributed by atoms with Crippen molar-refractivity contribution in [3.8, 4) is 12.3 Å². The Bertz CT molecular complexity index is 864. The molecule has 2 amide bonds. The Labute approximate surface area is 151 Å². The molecular formula is C21H19FN2O2. The number of carbonyl (C=O) groups is 2. The lowest BCUT2D eigenvalue weighted by Gasteiger charge is -2.40. The minimum atomic E-state index is -0.669. The maximum Gasteiger partial charge on any atom is 0.243 e. The summed E-state index contributed by atoms with van der Waals surface area (Å²) >= 11 is 0. The van der Waals surface area contributed by atoms with Crippen molar-refractivity contribution in [1.29, 1.82) is 0 Å². The molecule has 2 aromatic rings. The quantitative estimate of drug-likeness (QED) is 0.815. The Morgan fingerprint density at radius 1 is 1.15 bits per heavy atom. The van der Waals surface area contributed by atoms with E-state index in [4.69, 9.17) is 6.42 Å². The van der Waals surface area contributed by atoms with E-state index in [1.165, 1.54) is 12.1 Å². The number of hydrogen-bond donors (Lipinski definition) is 2. The largest absolute Gasteiger partial charge is 0.346 e. The maximum absolute atomic E-state index is 13.1. The van der Waals surface area contributed by atoms with Crippen LogP contribution >= 0.6 is 0 Å². The van der Waals surface area contributed by atoms with E-state index in [-0.39, 0.29) is 24.2 Å². The Hall–Kier alpha value is -3.13. The van der Waals surface area contributed by atoms with Gasteiger partial charge in [-0.2, -0.15) is 0 Å². The molecule has 0 aromatic heterocycles. The first kappa shape index (κ1) is 17.7. The standard InChI is InChI=1S/C21H19FN2O2/c1-2-15-5-3-6-18(13-15)24-19(25)14-23-20(26)21(11-4-12-21)16-7-9-17(22)10-8-16/h1,3,5-10,13H,4,11-12,14H2,(H,23,26)(H,24,25). The summed E-state index contributed by atoms with van der Waals surface area (Å²) in [7, 11) is 0. The molecule has 0 radical (unpaired) electrons. The normalized spacial score (nSPS) is 14.6. The summed E-state index contributed by atoms with van der Waals surface area (Å²) in [5.74, 6) is 1.63. The maximum atomic E-state index is 13.1. The summed E-state index contributed by atoms with van der Waals surface area (Å²) in [4.78, 5) is 24.8. The molecule has 2 N–H and O–H groups in total. The summed E-state index contributed by atoms with van der Waals surface area (Å²) in [6.45, 7) is -0.137. The number of hydrogen-bond acceptors (Lipinski definition) is 2. The molecule has 3 rings (SSSR count). The number of rotatable bonds is 5. The Kier molecular flexibility index (Phi) is 5.04. The van der Waals surface area contributed by atoms with Crippen LogP contribution in [0.25, 0.3) is 0 Å². The molecule has 5 heteroatoms. The molecule has 1 saturated carbocycles. The predicted octanol–water partition coefficient (Wildman–Crippen LogP) is 2.98. The second kappa shape index (κ2) is 7.40. The first-order valence-electron chi connectivity index (χ1n) is 8.44. The third-order valence-corrected chi connectivity index (χ3v) is 4.76. The third kappa shape index (κ3) is 3.60. The smallest absolute Gasteiger partial charge is 0.243 e. The molecule has 0 aliphatic heterocycles. The summed E-state index contributed by atoms with van der Waals surface area (Å²) in [6.07, 6.45) is 7.65. The highest BCUT2D eigenvalue weighted by molar-refractivity contribution is 5.97. The molecule has 2 aromatic carbocycles. The van der Waals surface area contributed by atoms with Gasteiger partial charge in [0.15, 0.2) is 0 Å². The van der Waals surface area contributed by atoms with Gasteiger partial charge in [0.25, 0.3) is 0 Å². The second-order valence-corrected chi connectivity index (χ2v) is 6.40. The van der Waals surface area contributed by atoms with Crippen LogP contribution in [0.1, 0.15) is 30.4 Å². The van der Waals surface area contributed by atoms with E-state index in [2.05, 4.69) is 16.6 Å². The Morgan fingerprint density at radius 2 is 1.88 bits per heavy atom. The van der Waals surface area contributed by atoms with Gasteiger partial charge >= 0.3 is 0 Å². The van der Waals surface area contributed by atoms with Crippen LogP contribution in [-0.2, 0) is 15.0 Å². The van der Waals surface area contributed by atoms with Gasteiger partial charge < -0.3 is 10.6 Å². The number of nitrogens with one attached hydrogen (secondary N) is 2. The van der Waals surface area contributed by atoms with E-state index >= 15 is 0 Å². The predicted molar refractivity (Wildman–Crippen MR) is 97.9 cm³/mol. The topological polar surface area (TPSA) is 58.2 Å². The number of anilines is 1. The lowest BCUT2D eigenvalue weighted by molar-refractivity contribution is -0.131. The molecule has 1 aliphatic rings. The molecule has 1 aliphatic carbocycles. The fraction of sp³-hybridized carbons (Fsp3) is 0.238. The average molecular weight is 350 g/mol. The van der Waals surface area contributed by atoms with Gasteiger partial charge in [-0.25, -0.2) is 4.39 Å². The zero-order valence-electron chi connectivity index (χ0n) is 14.2. The van der Waals surface area contributed by atoms with Crippen molar-refractivity contribution in [1.82, 2.24) is 5.32 Å². The number of amides is 2. The van der Waals surface area contributed by atoms with Crippen molar-refractivity contribution in [2.45, 2.75) is 24.7 Å². The van der Waals surface area contributed by atoms with Gasteiger partial charge in [0, 0.05) is 11.3 Å². The van der Waals surface area contributed by atoms with Crippen LogP contribution in [0, 0.1) is 18.2 Å². The average Bonchev–Trinajstić information content (AvgIpc) is 2.61. The number of benzene rings is 2. The lowest BCUT2D eigenvalue weighted by atomic mass is 9.64. The van der Waals surface area contributed by atoms with Crippen LogP contribution in [0.5, 0.6) is 0 Å². The van der Waals surface area contributed by atoms with E-state index < -0.39 is 5.41 Å². The number of carbonyl (C=O) groups excluding carboxylic acids is 2. The summed E-state index contributed by atoms with van der Waals surface area (Å²) in [5, 5.41) is 5.41. The van der Waals surface area contributed by atoms with Crippen molar-refractivity contribution in [3.05, 3.63) is 65.5 Å². The van der Waals surface area contributed by atoms with Gasteiger partial charge in [-0.3, -0.25) is 9.59 Å². The van der Waals surface area contributed by atoms with E-state index in [9.17, 15) is 14.0 Å². The molecule has 0 bridgehead atoms. The third-order valence-electron chi connectivity index (χ3n) is 4.76. The van der Waals surface area contributed by atoms with Crippen molar-refractivity contribution < 1.29 is 14.0 Å². The van der Waals surface area contributed by atoms with E-state index in [1.54, 1.807) is 36.4 Å². The Morgan fingerprint density at radius 3 is 2.50 bits per heavy atom. The zero-order chi connectivity index (χ0) is 18.6. The van der Waals surface area contributed by atoms with Crippen LogP contribution in [0.4, 0.5) is 10.1 Å². The van der Waals surface area contributed by atoms with Crippen LogP contribution < -0.4 is 10.6 Å². The van der Waals surface area contributed by atoms with E-state index in [1.807, 2.05) is 0 Å². The molecule has 1 fully saturated rings. The van der Waals surface area contributed by atoms with Gasteiger partial charge in [0.05, 0.1) is 12.0 Å². The minimum Gasteiger partial charge on any atom is -0.346 e. The van der Waals surface area contributed by atoms with Crippen LogP contribution in [0.15, 0.2) is 48.5 Å². The lowest BCUT2D eigenvalue weighted by Crippen LogP contribution is -2.50. The zero-order valence-corrected chi connectivity index (χ0v) is 14.2. The summed E-state index contributed by atoms with van der Waals surface area (Å²) < 4.78 is 13.1. The molecule has 0 saturated heterocycles.